The van der Waals surface area contributed by atoms with Crippen LogP contribution in [0.5, 0.6) is 0 Å². The van der Waals surface area contributed by atoms with E-state index in [-0.39, 0.29) is 0 Å². The highest BCUT2D eigenvalue weighted by Crippen LogP contribution is 2.46. The van der Waals surface area contributed by atoms with E-state index in [9.17, 15) is 0 Å². The van der Waals surface area contributed by atoms with E-state index >= 15 is 0 Å². The molecule has 1 aliphatic rings. The molecule has 1 unspecified atom stereocenters. The molecule has 0 saturated heterocycles. The van der Waals surface area contributed by atoms with Crippen LogP contribution in [0.1, 0.15) is 48.1 Å². The summed E-state index contributed by atoms with van der Waals surface area (Å²) in [7, 11) is 0. The summed E-state index contributed by atoms with van der Waals surface area (Å²) < 4.78 is 0. The number of hydrogen-bond acceptors (Lipinski definition) is 2. The van der Waals surface area contributed by atoms with Gasteiger partial charge in [-0.15, -0.1) is 23.1 Å². The normalized spacial score (nSPS) is 21.7. The molecule has 0 nitrogen and oxygen atoms in total. The molecular formula is C12H16S2. The summed E-state index contributed by atoms with van der Waals surface area (Å²) in [5, 5.41) is 0.701. The first-order valence-electron chi connectivity index (χ1n) is 5.10. The Balaban J connectivity index is 2.11. The van der Waals surface area contributed by atoms with Crippen molar-refractivity contribution in [3.63, 3.8) is 0 Å². The molecule has 1 aromatic heterocycles. The molecule has 76 valence electrons. The molecule has 1 atom stereocenters. The molecule has 0 bridgehead atoms. The van der Waals surface area contributed by atoms with Gasteiger partial charge in [0.1, 0.15) is 0 Å². The molecule has 0 fully saturated rings. The highest BCUT2D eigenvalue weighted by molar-refractivity contribution is 8.03. The van der Waals surface area contributed by atoms with E-state index in [1.807, 2.05) is 23.1 Å². The lowest BCUT2D eigenvalue weighted by atomic mass is 10.2. The van der Waals surface area contributed by atoms with Crippen molar-refractivity contribution in [2.75, 3.05) is 0 Å². The Morgan fingerprint density at radius 3 is 2.64 bits per heavy atom. The van der Waals surface area contributed by atoms with Crippen LogP contribution in [0.4, 0.5) is 0 Å². The first-order valence-corrected chi connectivity index (χ1v) is 6.79. The van der Waals surface area contributed by atoms with Crippen molar-refractivity contribution < 1.29 is 0 Å². The first-order chi connectivity index (χ1) is 6.66. The fourth-order valence-electron chi connectivity index (χ4n) is 1.62. The quantitative estimate of drug-likeness (QED) is 0.684. The maximum atomic E-state index is 2.35. The van der Waals surface area contributed by atoms with Gasteiger partial charge in [0.15, 0.2) is 0 Å². The number of thioether (sulfide) groups is 1. The van der Waals surface area contributed by atoms with E-state index in [1.165, 1.54) is 16.2 Å². The van der Waals surface area contributed by atoms with Crippen molar-refractivity contribution >= 4 is 23.1 Å². The second kappa shape index (κ2) is 4.11. The molecule has 14 heavy (non-hydrogen) atoms. The number of thiophene rings is 1. The lowest BCUT2D eigenvalue weighted by molar-refractivity contribution is 0.890. The van der Waals surface area contributed by atoms with Crippen molar-refractivity contribution in [2.24, 2.45) is 0 Å². The maximum Gasteiger partial charge on any atom is 0.0469 e. The molecule has 0 spiro atoms. The number of allylic oxidation sites excluding steroid dienone is 2. The highest BCUT2D eigenvalue weighted by atomic mass is 32.2. The third-order valence-electron chi connectivity index (χ3n) is 2.48. The fraction of sp³-hybridized carbons (Fsp3) is 0.500. The topological polar surface area (TPSA) is 0 Å². The van der Waals surface area contributed by atoms with E-state index < -0.39 is 0 Å². The highest BCUT2D eigenvalue weighted by Gasteiger charge is 2.19. The van der Waals surface area contributed by atoms with Crippen LogP contribution in [-0.4, -0.2) is 0 Å². The average molecular weight is 224 g/mol. The lowest BCUT2D eigenvalue weighted by Crippen LogP contribution is -1.82. The van der Waals surface area contributed by atoms with Crippen molar-refractivity contribution in [3.8, 4) is 0 Å². The van der Waals surface area contributed by atoms with Gasteiger partial charge in [0.25, 0.3) is 0 Å². The van der Waals surface area contributed by atoms with Crippen LogP contribution in [-0.2, 0) is 0 Å². The summed E-state index contributed by atoms with van der Waals surface area (Å²) >= 11 is 4.00. The number of hydrogen-bond donors (Lipinski definition) is 0. The third-order valence-corrected chi connectivity index (χ3v) is 5.40. The van der Waals surface area contributed by atoms with Gasteiger partial charge in [-0.2, -0.15) is 0 Å². The Morgan fingerprint density at radius 1 is 1.36 bits per heavy atom. The standard InChI is InChI=1S/C12H16S2/c1-8(2)10-6-7-12(14-10)11-5-4-9(3)13-11/h4,6-8,11H,5H2,1-3H3. The summed E-state index contributed by atoms with van der Waals surface area (Å²) in [5.74, 6) is 0.675. The molecule has 0 aliphatic carbocycles. The molecule has 0 N–H and O–H groups in total. The summed E-state index contributed by atoms with van der Waals surface area (Å²) in [6, 6.07) is 4.60. The minimum Gasteiger partial charge on any atom is -0.144 e. The predicted octanol–water partition coefficient (Wildman–Crippen LogP) is 4.95. The Bertz CT molecular complexity index is 347. The lowest BCUT2D eigenvalue weighted by Gasteiger charge is -2.05. The molecule has 1 aromatic rings. The second-order valence-corrected chi connectivity index (χ2v) is 6.65. The Hall–Kier alpha value is -0.210. The van der Waals surface area contributed by atoms with Gasteiger partial charge in [0.05, 0.1) is 0 Å². The molecule has 1 aliphatic heterocycles. The SMILES string of the molecule is CC1=CCC(c2ccc(C(C)C)s2)S1. The van der Waals surface area contributed by atoms with Crippen molar-refractivity contribution in [3.05, 3.63) is 32.9 Å². The van der Waals surface area contributed by atoms with Crippen LogP contribution < -0.4 is 0 Å². The average Bonchev–Trinajstić information content (AvgIpc) is 2.70. The van der Waals surface area contributed by atoms with Gasteiger partial charge in [0, 0.05) is 15.0 Å². The zero-order valence-electron chi connectivity index (χ0n) is 8.91. The zero-order valence-corrected chi connectivity index (χ0v) is 10.5. The van der Waals surface area contributed by atoms with Gasteiger partial charge < -0.3 is 0 Å². The maximum absolute atomic E-state index is 2.35. The van der Waals surface area contributed by atoms with Crippen LogP contribution in [0, 0.1) is 0 Å². The van der Waals surface area contributed by atoms with E-state index in [4.69, 9.17) is 0 Å². The molecule has 0 aromatic carbocycles. The third kappa shape index (κ3) is 2.06. The van der Waals surface area contributed by atoms with Crippen LogP contribution in [0.2, 0.25) is 0 Å². The number of rotatable bonds is 2. The van der Waals surface area contributed by atoms with Crippen LogP contribution in [0.25, 0.3) is 0 Å². The largest absolute Gasteiger partial charge is 0.144 e. The molecule has 0 radical (unpaired) electrons. The van der Waals surface area contributed by atoms with Crippen molar-refractivity contribution in [1.29, 1.82) is 0 Å². The zero-order chi connectivity index (χ0) is 10.1. The Labute approximate surface area is 94.4 Å². The minimum absolute atomic E-state index is 0.675. The summed E-state index contributed by atoms with van der Waals surface area (Å²) in [5.41, 5.74) is 0. The van der Waals surface area contributed by atoms with E-state index in [0.717, 1.165) is 0 Å². The van der Waals surface area contributed by atoms with Crippen molar-refractivity contribution in [1.82, 2.24) is 0 Å². The molecule has 2 heteroatoms. The Morgan fingerprint density at radius 2 is 2.14 bits per heavy atom. The second-order valence-electron chi connectivity index (χ2n) is 4.05. The van der Waals surface area contributed by atoms with Gasteiger partial charge in [-0.1, -0.05) is 19.9 Å². The van der Waals surface area contributed by atoms with Gasteiger partial charge in [0.2, 0.25) is 0 Å². The summed E-state index contributed by atoms with van der Waals surface area (Å²) in [6.45, 7) is 6.74. The Kier molecular flexibility index (Phi) is 3.03. The van der Waals surface area contributed by atoms with Gasteiger partial charge in [-0.05, 0) is 36.3 Å². The smallest absolute Gasteiger partial charge is 0.0469 e. The first kappa shape index (κ1) is 10.3. The van der Waals surface area contributed by atoms with Gasteiger partial charge in [-0.3, -0.25) is 0 Å². The van der Waals surface area contributed by atoms with E-state index in [0.29, 0.717) is 11.2 Å². The van der Waals surface area contributed by atoms with Crippen molar-refractivity contribution in [2.45, 2.75) is 38.4 Å². The van der Waals surface area contributed by atoms with E-state index in [2.05, 4.69) is 39.0 Å². The van der Waals surface area contributed by atoms with Crippen LogP contribution in [0.15, 0.2) is 23.1 Å². The molecule has 2 rings (SSSR count). The fourth-order valence-corrected chi connectivity index (χ4v) is 3.94. The molecule has 0 amide bonds. The summed E-state index contributed by atoms with van der Waals surface area (Å²) in [4.78, 5) is 4.55. The minimum atomic E-state index is 0.675. The summed E-state index contributed by atoms with van der Waals surface area (Å²) in [6.07, 6.45) is 3.57. The van der Waals surface area contributed by atoms with Crippen LogP contribution >= 0.6 is 23.1 Å². The van der Waals surface area contributed by atoms with Crippen LogP contribution in [0.3, 0.4) is 0 Å². The molecule has 2 heterocycles. The monoisotopic (exact) mass is 224 g/mol. The van der Waals surface area contributed by atoms with Gasteiger partial charge >= 0.3 is 0 Å². The predicted molar refractivity (Wildman–Crippen MR) is 67.1 cm³/mol. The molecular weight excluding hydrogens is 208 g/mol. The van der Waals surface area contributed by atoms with E-state index in [1.54, 1.807) is 4.88 Å². The van der Waals surface area contributed by atoms with Gasteiger partial charge in [-0.25, -0.2) is 0 Å². The molecule has 0 saturated carbocycles.